The Kier molecular flexibility index (Phi) is 11.9. The summed E-state index contributed by atoms with van der Waals surface area (Å²) in [6.07, 6.45) is 20.8. The van der Waals surface area contributed by atoms with Crippen LogP contribution in [0.25, 0.3) is 77.6 Å². The molecule has 0 saturated heterocycles. The van der Waals surface area contributed by atoms with Crippen molar-refractivity contribution in [3.63, 3.8) is 0 Å². The SMILES string of the molecule is C#Cc1cc(OC)c(-c2c(-c3ccc(Oc4nccc(CCn5c(-c6ccc7cnc(C#C)cc7c6)c(-c6ccc(Oc7nccc(C)n7)c(F)c6)c6c(N)ncnc65)n4)c(F)c3)c3c(Cl)ncnc3n2C)cn1. The number of benzene rings is 3. The van der Waals surface area contributed by atoms with E-state index >= 15 is 8.78 Å². The van der Waals surface area contributed by atoms with E-state index in [1.165, 1.54) is 56.4 Å². The molecule has 74 heavy (non-hydrogen) atoms. The molecule has 360 valence electrons. The van der Waals surface area contributed by atoms with Gasteiger partial charge in [0, 0.05) is 78.8 Å². The third kappa shape index (κ3) is 8.40. The van der Waals surface area contributed by atoms with Gasteiger partial charge in [-0.25, -0.2) is 53.6 Å². The highest BCUT2D eigenvalue weighted by atomic mass is 35.5. The second-order valence-corrected chi connectivity index (χ2v) is 17.1. The van der Waals surface area contributed by atoms with E-state index in [1.54, 1.807) is 56.7 Å². The van der Waals surface area contributed by atoms with Gasteiger partial charge in [-0.1, -0.05) is 47.7 Å². The first-order chi connectivity index (χ1) is 36.0. The molecule has 19 heteroatoms. The lowest BCUT2D eigenvalue weighted by Gasteiger charge is -2.14. The van der Waals surface area contributed by atoms with Crippen LogP contribution in [0, 0.1) is 43.2 Å². The van der Waals surface area contributed by atoms with Gasteiger partial charge in [-0.3, -0.25) is 0 Å². The lowest BCUT2D eigenvalue weighted by molar-refractivity contribution is 0.409. The molecule has 0 aliphatic carbocycles. The van der Waals surface area contributed by atoms with Crippen molar-refractivity contribution in [1.29, 1.82) is 0 Å². The average molecular weight is 1000 g/mol. The molecule has 0 amide bonds. The molecule has 0 atom stereocenters. The largest absolute Gasteiger partial charge is 0.496 e. The number of nitrogen functional groups attached to an aromatic ring is 1. The number of nitrogens with two attached hydrogens (primary N) is 1. The topological polar surface area (TPSA) is 192 Å². The standard InChI is InChI=1S/C55H36ClF2N13O3/c1-6-35-21-34-20-32(8-9-33(34)25-62-35)48-45(31-11-13-41(40(58)23-31)73-54-60-17-14-29(3)68-54)47-51(59)65-28-67-53(47)71(48)19-16-37-15-18-61-55(69-37)74-42-12-10-30(22-39(42)57)44-46-50(56)64-27-66-52(46)70(4)49(44)38-26-63-36(7-2)24-43(38)72-5/h1-2,8-15,17-18,20-28H,16,19H2,3-5H3,(H2,59,65,67). The van der Waals surface area contributed by atoms with Crippen LogP contribution in [0.15, 0.2) is 116 Å². The fourth-order valence-corrected chi connectivity index (χ4v) is 9.20. The highest BCUT2D eigenvalue weighted by molar-refractivity contribution is 6.35. The summed E-state index contributed by atoms with van der Waals surface area (Å²) in [5.74, 6) is 4.14. The molecular formula is C55H36ClF2N13O3. The molecule has 11 rings (SSSR count). The van der Waals surface area contributed by atoms with Gasteiger partial charge in [-0.05, 0) is 77.5 Å². The number of hydrogen-bond donors (Lipinski definition) is 1. The quantitative estimate of drug-likeness (QED) is 0.0897. The van der Waals surface area contributed by atoms with Gasteiger partial charge in [0.05, 0.1) is 34.8 Å². The molecule has 0 aliphatic heterocycles. The Morgan fingerprint density at radius 1 is 0.649 bits per heavy atom. The predicted molar refractivity (Wildman–Crippen MR) is 275 cm³/mol. The van der Waals surface area contributed by atoms with Crippen molar-refractivity contribution >= 4 is 50.3 Å². The zero-order valence-corrected chi connectivity index (χ0v) is 40.1. The van der Waals surface area contributed by atoms with Crippen molar-refractivity contribution in [2.45, 2.75) is 19.9 Å². The summed E-state index contributed by atoms with van der Waals surface area (Å²) < 4.78 is 53.9. The van der Waals surface area contributed by atoms with E-state index in [0.29, 0.717) is 96.2 Å². The molecule has 0 bridgehead atoms. The van der Waals surface area contributed by atoms with Crippen LogP contribution in [0.2, 0.25) is 5.15 Å². The summed E-state index contributed by atoms with van der Waals surface area (Å²) in [4.78, 5) is 44.0. The molecule has 3 aromatic carbocycles. The lowest BCUT2D eigenvalue weighted by atomic mass is 9.97. The molecule has 16 nitrogen and oxygen atoms in total. The Labute approximate surface area is 425 Å². The van der Waals surface area contributed by atoms with Crippen LogP contribution < -0.4 is 19.9 Å². The highest BCUT2D eigenvalue weighted by Crippen LogP contribution is 2.47. The number of hydrogen-bond acceptors (Lipinski definition) is 14. The number of methoxy groups -OCH3 is 1. The number of anilines is 1. The summed E-state index contributed by atoms with van der Waals surface area (Å²) in [7, 11) is 3.32. The zero-order valence-electron chi connectivity index (χ0n) is 39.3. The number of aryl methyl sites for hydroxylation is 4. The van der Waals surface area contributed by atoms with Crippen LogP contribution in [0.3, 0.4) is 0 Å². The molecule has 0 unspecified atom stereocenters. The minimum atomic E-state index is -0.714. The minimum Gasteiger partial charge on any atom is -0.496 e. The van der Waals surface area contributed by atoms with Crippen LogP contribution in [0.4, 0.5) is 14.6 Å². The average Bonchev–Trinajstić information content (AvgIpc) is 3.92. The fraction of sp³-hybridized carbons (Fsp3) is 0.0909. The zero-order chi connectivity index (χ0) is 51.2. The number of aromatic nitrogens is 12. The molecule has 0 aliphatic rings. The second kappa shape index (κ2) is 19.0. The molecule has 0 saturated carbocycles. The monoisotopic (exact) mass is 999 g/mol. The molecule has 2 N–H and O–H groups in total. The number of rotatable bonds is 12. The molecule has 0 spiro atoms. The van der Waals surface area contributed by atoms with Gasteiger partial charge in [0.15, 0.2) is 23.1 Å². The Bertz CT molecular complexity index is 4170. The van der Waals surface area contributed by atoms with Gasteiger partial charge in [-0.2, -0.15) is 4.98 Å². The number of nitrogens with zero attached hydrogens (tertiary/aromatic N) is 12. The van der Waals surface area contributed by atoms with E-state index in [2.05, 4.69) is 51.7 Å². The van der Waals surface area contributed by atoms with Crippen LogP contribution in [0.5, 0.6) is 29.3 Å². The smallest absolute Gasteiger partial charge is 0.322 e. The van der Waals surface area contributed by atoms with Crippen molar-refractivity contribution < 1.29 is 23.0 Å². The van der Waals surface area contributed by atoms with E-state index in [1.807, 2.05) is 33.4 Å². The van der Waals surface area contributed by atoms with Crippen LogP contribution in [-0.2, 0) is 20.0 Å². The molecular weight excluding hydrogens is 964 g/mol. The van der Waals surface area contributed by atoms with Gasteiger partial charge < -0.3 is 29.1 Å². The third-order valence-corrected chi connectivity index (χ3v) is 12.6. The number of terminal acetylenes is 2. The summed E-state index contributed by atoms with van der Waals surface area (Å²) in [6, 6.07) is 21.7. The van der Waals surface area contributed by atoms with Gasteiger partial charge >= 0.3 is 12.0 Å². The minimum absolute atomic E-state index is 0.00154. The van der Waals surface area contributed by atoms with Crippen LogP contribution >= 0.6 is 11.6 Å². The summed E-state index contributed by atoms with van der Waals surface area (Å²) >= 11 is 6.72. The van der Waals surface area contributed by atoms with Gasteiger partial charge in [0.1, 0.15) is 52.1 Å². The number of ether oxygens (including phenoxy) is 3. The molecule has 8 heterocycles. The number of halogens is 3. The Morgan fingerprint density at radius 2 is 1.30 bits per heavy atom. The third-order valence-electron chi connectivity index (χ3n) is 12.3. The first kappa shape index (κ1) is 46.5. The highest BCUT2D eigenvalue weighted by Gasteiger charge is 2.27. The van der Waals surface area contributed by atoms with E-state index < -0.39 is 11.6 Å². The van der Waals surface area contributed by atoms with Crippen molar-refractivity contribution in [2.75, 3.05) is 12.8 Å². The van der Waals surface area contributed by atoms with Crippen molar-refractivity contribution in [3.8, 4) is 98.7 Å². The van der Waals surface area contributed by atoms with Crippen molar-refractivity contribution in [1.82, 2.24) is 59.0 Å². The van der Waals surface area contributed by atoms with E-state index in [9.17, 15) is 0 Å². The molecule has 11 aromatic rings. The summed E-state index contributed by atoms with van der Waals surface area (Å²) in [6.45, 7) is 2.05. The Morgan fingerprint density at radius 3 is 2.00 bits per heavy atom. The maximum Gasteiger partial charge on any atom is 0.322 e. The Balaban J connectivity index is 0.951. The maximum atomic E-state index is 16.4. The number of fused-ring (bicyclic) bond motifs is 3. The maximum absolute atomic E-state index is 16.4. The predicted octanol–water partition coefficient (Wildman–Crippen LogP) is 10.5. The van der Waals surface area contributed by atoms with Crippen LogP contribution in [0.1, 0.15) is 22.8 Å². The fourth-order valence-electron chi connectivity index (χ4n) is 8.98. The van der Waals surface area contributed by atoms with E-state index in [-0.39, 0.29) is 41.0 Å². The summed E-state index contributed by atoms with van der Waals surface area (Å²) in [5, 5.41) is 2.81. The van der Waals surface area contributed by atoms with E-state index in [0.717, 1.165) is 16.3 Å². The first-order valence-corrected chi connectivity index (χ1v) is 22.9. The van der Waals surface area contributed by atoms with Gasteiger partial charge in [-0.15, -0.1) is 12.8 Å². The molecule has 8 aromatic heterocycles. The molecule has 0 fully saturated rings. The van der Waals surface area contributed by atoms with Crippen LogP contribution in [-0.4, -0.2) is 66.1 Å². The van der Waals surface area contributed by atoms with Crippen molar-refractivity contribution in [3.05, 3.63) is 156 Å². The normalized spacial score (nSPS) is 11.2. The van der Waals surface area contributed by atoms with Crippen molar-refractivity contribution in [2.24, 2.45) is 7.05 Å². The van der Waals surface area contributed by atoms with Gasteiger partial charge in [0.25, 0.3) is 0 Å². The first-order valence-electron chi connectivity index (χ1n) is 22.6. The number of pyridine rings is 2. The van der Waals surface area contributed by atoms with E-state index in [4.69, 9.17) is 54.4 Å². The second-order valence-electron chi connectivity index (χ2n) is 16.7. The lowest BCUT2D eigenvalue weighted by Crippen LogP contribution is -2.07. The Hall–Kier alpha value is -9.91. The molecule has 0 radical (unpaired) electrons. The van der Waals surface area contributed by atoms with Gasteiger partial charge in [0.2, 0.25) is 0 Å². The summed E-state index contributed by atoms with van der Waals surface area (Å²) in [5.41, 5.74) is 14.2.